The maximum Gasteiger partial charge on any atom is 0.313 e. The minimum Gasteiger partial charge on any atom is -0.497 e. The van der Waals surface area contributed by atoms with E-state index in [1.165, 1.54) is 37.3 Å². The molecule has 1 aromatic carbocycles. The van der Waals surface area contributed by atoms with Gasteiger partial charge in [0.2, 0.25) is 0 Å². The van der Waals surface area contributed by atoms with Crippen molar-refractivity contribution in [1.82, 2.24) is 4.90 Å². The van der Waals surface area contributed by atoms with Crippen molar-refractivity contribution < 1.29 is 29.1 Å². The van der Waals surface area contributed by atoms with Crippen molar-refractivity contribution in [3.05, 3.63) is 33.9 Å². The molecule has 1 fully saturated rings. The summed E-state index contributed by atoms with van der Waals surface area (Å²) in [5, 5.41) is 20.8. The van der Waals surface area contributed by atoms with E-state index in [2.05, 4.69) is 0 Å². The van der Waals surface area contributed by atoms with E-state index < -0.39 is 22.2 Å². The van der Waals surface area contributed by atoms with Gasteiger partial charge in [0.15, 0.2) is 0 Å². The number of methoxy groups -OCH3 is 2. The fourth-order valence-corrected chi connectivity index (χ4v) is 3.08. The van der Waals surface area contributed by atoms with Crippen LogP contribution in [0, 0.1) is 15.5 Å². The fraction of sp³-hybridized carbons (Fsp3) is 0.500. The third-order valence-corrected chi connectivity index (χ3v) is 4.37. The van der Waals surface area contributed by atoms with E-state index in [4.69, 9.17) is 9.47 Å². The normalized spacial score (nSPS) is 20.2. The van der Waals surface area contributed by atoms with Gasteiger partial charge in [-0.15, -0.1) is 0 Å². The van der Waals surface area contributed by atoms with Crippen LogP contribution < -0.4 is 4.74 Å². The Morgan fingerprint density at radius 1 is 1.40 bits per heavy atom. The molecular formula is C16H20N2O7. The monoisotopic (exact) mass is 352 g/mol. The van der Waals surface area contributed by atoms with Crippen molar-refractivity contribution in [2.45, 2.75) is 12.8 Å². The summed E-state index contributed by atoms with van der Waals surface area (Å²) in [7, 11) is 2.79. The van der Waals surface area contributed by atoms with E-state index in [0.717, 1.165) is 0 Å². The average molecular weight is 352 g/mol. The number of carboxylic acid groups (broad SMARTS) is 1. The van der Waals surface area contributed by atoms with Gasteiger partial charge in [-0.2, -0.15) is 0 Å². The van der Waals surface area contributed by atoms with Crippen molar-refractivity contribution in [1.29, 1.82) is 0 Å². The molecule has 1 aliphatic rings. The molecule has 1 N–H and O–H groups in total. The van der Waals surface area contributed by atoms with Crippen LogP contribution in [-0.4, -0.2) is 60.7 Å². The minimum atomic E-state index is -1.21. The minimum absolute atomic E-state index is 0.0354. The molecule has 1 aromatic rings. The van der Waals surface area contributed by atoms with Crippen LogP contribution in [0.3, 0.4) is 0 Å². The van der Waals surface area contributed by atoms with Crippen molar-refractivity contribution in [2.24, 2.45) is 5.41 Å². The Morgan fingerprint density at radius 3 is 2.68 bits per heavy atom. The summed E-state index contributed by atoms with van der Waals surface area (Å²) in [4.78, 5) is 36.5. The molecular weight excluding hydrogens is 332 g/mol. The predicted molar refractivity (Wildman–Crippen MR) is 86.7 cm³/mol. The predicted octanol–water partition coefficient (Wildman–Crippen LogP) is 1.56. The first-order valence-corrected chi connectivity index (χ1v) is 7.68. The molecule has 0 spiro atoms. The molecule has 1 amide bonds. The van der Waals surface area contributed by atoms with Gasteiger partial charge in [0.1, 0.15) is 16.7 Å². The van der Waals surface area contributed by atoms with Crippen molar-refractivity contribution >= 4 is 17.6 Å². The second kappa shape index (κ2) is 7.47. The topological polar surface area (TPSA) is 119 Å². The van der Waals surface area contributed by atoms with Gasteiger partial charge >= 0.3 is 5.97 Å². The van der Waals surface area contributed by atoms with Gasteiger partial charge in [-0.1, -0.05) is 0 Å². The molecule has 0 saturated carbocycles. The van der Waals surface area contributed by atoms with Crippen LogP contribution in [0.5, 0.6) is 5.75 Å². The molecule has 1 unspecified atom stereocenters. The van der Waals surface area contributed by atoms with E-state index in [-0.39, 0.29) is 24.4 Å². The highest BCUT2D eigenvalue weighted by Crippen LogP contribution is 2.33. The number of rotatable bonds is 6. The van der Waals surface area contributed by atoms with Crippen LogP contribution >= 0.6 is 0 Å². The van der Waals surface area contributed by atoms with E-state index in [9.17, 15) is 24.8 Å². The number of benzene rings is 1. The van der Waals surface area contributed by atoms with E-state index in [0.29, 0.717) is 25.1 Å². The molecule has 1 atom stereocenters. The number of nitro benzene ring substituents is 1. The molecule has 9 heteroatoms. The zero-order chi connectivity index (χ0) is 18.6. The van der Waals surface area contributed by atoms with Gasteiger partial charge in [-0.25, -0.2) is 0 Å². The van der Waals surface area contributed by atoms with Gasteiger partial charge in [-0.05, 0) is 25.0 Å². The van der Waals surface area contributed by atoms with E-state index in [1.54, 1.807) is 0 Å². The molecule has 1 saturated heterocycles. The summed E-state index contributed by atoms with van der Waals surface area (Å²) in [6.07, 6.45) is 0.847. The number of likely N-dealkylation sites (tertiary alicyclic amines) is 1. The second-order valence-electron chi connectivity index (χ2n) is 5.99. The van der Waals surface area contributed by atoms with Crippen LogP contribution in [0.4, 0.5) is 5.69 Å². The fourth-order valence-electron chi connectivity index (χ4n) is 3.08. The summed E-state index contributed by atoms with van der Waals surface area (Å²) in [6, 6.07) is 3.90. The van der Waals surface area contributed by atoms with E-state index >= 15 is 0 Å². The molecule has 136 valence electrons. The first-order valence-electron chi connectivity index (χ1n) is 7.68. The number of nitro groups is 1. The summed E-state index contributed by atoms with van der Waals surface area (Å²) in [6.45, 7) is 0.224. The third-order valence-electron chi connectivity index (χ3n) is 4.37. The highest BCUT2D eigenvalue weighted by molar-refractivity contribution is 5.99. The molecule has 0 aliphatic carbocycles. The van der Waals surface area contributed by atoms with Crippen LogP contribution in [0.2, 0.25) is 0 Å². The SMILES string of the molecule is COCC1(C(=O)O)CCCN(C(=O)c2cc(OC)ccc2[N+](=O)[O-])C1. The summed E-state index contributed by atoms with van der Waals surface area (Å²) < 4.78 is 10.1. The van der Waals surface area contributed by atoms with Crippen LogP contribution in [0.25, 0.3) is 0 Å². The number of aliphatic carboxylic acids is 1. The smallest absolute Gasteiger partial charge is 0.313 e. The average Bonchev–Trinajstić information content (AvgIpc) is 2.60. The standard InChI is InChI=1S/C16H20N2O7/c1-24-10-16(15(20)21)6-3-7-17(9-16)14(19)12-8-11(25-2)4-5-13(12)18(22)23/h4-5,8H,3,6-7,9-10H2,1-2H3,(H,20,21). The zero-order valence-electron chi connectivity index (χ0n) is 14.1. The van der Waals surface area contributed by atoms with Crippen molar-refractivity contribution in [3.8, 4) is 5.75 Å². The Hall–Kier alpha value is -2.68. The molecule has 1 heterocycles. The summed E-state index contributed by atoms with van der Waals surface area (Å²) in [5.41, 5.74) is -1.68. The third kappa shape index (κ3) is 3.71. The van der Waals surface area contributed by atoms with Crippen LogP contribution in [0.15, 0.2) is 18.2 Å². The quantitative estimate of drug-likeness (QED) is 0.609. The maximum absolute atomic E-state index is 12.8. The molecule has 25 heavy (non-hydrogen) atoms. The maximum atomic E-state index is 12.8. The highest BCUT2D eigenvalue weighted by atomic mass is 16.6. The van der Waals surface area contributed by atoms with Crippen molar-refractivity contribution in [2.75, 3.05) is 33.9 Å². The van der Waals surface area contributed by atoms with E-state index in [1.807, 2.05) is 0 Å². The van der Waals surface area contributed by atoms with Gasteiger partial charge in [0.25, 0.3) is 11.6 Å². The molecule has 0 radical (unpaired) electrons. The Kier molecular flexibility index (Phi) is 5.58. The number of piperidine rings is 1. The Balaban J connectivity index is 2.37. The summed E-state index contributed by atoms with van der Waals surface area (Å²) >= 11 is 0. The number of carbonyl (C=O) groups is 2. The summed E-state index contributed by atoms with van der Waals surface area (Å²) in [5.74, 6) is -1.33. The highest BCUT2D eigenvalue weighted by Gasteiger charge is 2.44. The lowest BCUT2D eigenvalue weighted by molar-refractivity contribution is -0.385. The molecule has 0 aromatic heterocycles. The first-order chi connectivity index (χ1) is 11.8. The lowest BCUT2D eigenvalue weighted by atomic mass is 9.80. The Bertz CT molecular complexity index is 687. The van der Waals surface area contributed by atoms with Crippen molar-refractivity contribution in [3.63, 3.8) is 0 Å². The lowest BCUT2D eigenvalue weighted by Gasteiger charge is -2.39. The lowest BCUT2D eigenvalue weighted by Crippen LogP contribution is -2.52. The Morgan fingerprint density at radius 2 is 2.12 bits per heavy atom. The number of carbonyl (C=O) groups excluding carboxylic acids is 1. The van der Waals surface area contributed by atoms with Gasteiger partial charge in [0, 0.05) is 26.3 Å². The number of hydrogen-bond acceptors (Lipinski definition) is 6. The van der Waals surface area contributed by atoms with Crippen LogP contribution in [0.1, 0.15) is 23.2 Å². The number of nitrogens with zero attached hydrogens (tertiary/aromatic N) is 2. The second-order valence-corrected chi connectivity index (χ2v) is 5.99. The molecule has 9 nitrogen and oxygen atoms in total. The van der Waals surface area contributed by atoms with Gasteiger partial charge in [-0.3, -0.25) is 19.7 Å². The van der Waals surface area contributed by atoms with Crippen LogP contribution in [-0.2, 0) is 9.53 Å². The number of carboxylic acids is 1. The number of amides is 1. The number of ether oxygens (including phenoxy) is 2. The first kappa shape index (κ1) is 18.7. The Labute approximate surface area is 144 Å². The van der Waals surface area contributed by atoms with Gasteiger partial charge < -0.3 is 19.5 Å². The molecule has 2 rings (SSSR count). The molecule has 1 aliphatic heterocycles. The van der Waals surface area contributed by atoms with Gasteiger partial charge in [0.05, 0.1) is 18.6 Å². The zero-order valence-corrected chi connectivity index (χ0v) is 14.1. The molecule has 0 bridgehead atoms. The number of hydrogen-bond donors (Lipinski definition) is 1. The largest absolute Gasteiger partial charge is 0.497 e.